The van der Waals surface area contributed by atoms with Crippen LogP contribution >= 0.6 is 26.9 Å². The zero-order chi connectivity index (χ0) is 8.23. The van der Waals surface area contributed by atoms with E-state index in [1.165, 1.54) is 11.1 Å². The molecular weight excluding hydrogens is 255 g/mol. The molecule has 0 radical (unpaired) electrons. The molecule has 0 saturated carbocycles. The van der Waals surface area contributed by atoms with Crippen LogP contribution in [-0.4, -0.2) is 0 Å². The summed E-state index contributed by atoms with van der Waals surface area (Å²) in [7, 11) is 0. The molecular formula is C12H14BrP. The summed E-state index contributed by atoms with van der Waals surface area (Å²) in [5.74, 6) is 0. The van der Waals surface area contributed by atoms with Gasteiger partial charge in [0.15, 0.2) is 0 Å². The number of halogens is 1. The lowest BCUT2D eigenvalue weighted by molar-refractivity contribution is 1.62. The van der Waals surface area contributed by atoms with Crippen molar-refractivity contribution in [3.8, 4) is 11.1 Å². The second-order valence-corrected chi connectivity index (χ2v) is 2.73. The first-order valence-electron chi connectivity index (χ1n) is 4.07. The molecule has 0 bridgehead atoms. The van der Waals surface area contributed by atoms with E-state index in [1.54, 1.807) is 0 Å². The predicted molar refractivity (Wildman–Crippen MR) is 73.3 cm³/mol. The Morgan fingerprint density at radius 2 is 0.786 bits per heavy atom. The maximum atomic E-state index is 2.12. The van der Waals surface area contributed by atoms with Gasteiger partial charge in [0.2, 0.25) is 0 Å². The van der Waals surface area contributed by atoms with Crippen LogP contribution < -0.4 is 0 Å². The lowest BCUT2D eigenvalue weighted by Crippen LogP contribution is -1.73. The maximum Gasteiger partial charge on any atom is -0.0184 e. The van der Waals surface area contributed by atoms with Gasteiger partial charge in [-0.25, -0.2) is 0 Å². The molecule has 0 aliphatic carbocycles. The lowest BCUT2D eigenvalue weighted by atomic mass is 10.1. The number of benzene rings is 2. The van der Waals surface area contributed by atoms with E-state index in [0.29, 0.717) is 0 Å². The van der Waals surface area contributed by atoms with Gasteiger partial charge in [-0.1, -0.05) is 60.7 Å². The molecule has 1 unspecified atom stereocenters. The van der Waals surface area contributed by atoms with Crippen LogP contribution in [0, 0.1) is 0 Å². The highest BCUT2D eigenvalue weighted by Crippen LogP contribution is 2.17. The van der Waals surface area contributed by atoms with Crippen LogP contribution in [-0.2, 0) is 0 Å². The number of rotatable bonds is 1. The van der Waals surface area contributed by atoms with Crippen LogP contribution in [0.1, 0.15) is 0 Å². The van der Waals surface area contributed by atoms with Gasteiger partial charge in [0.05, 0.1) is 0 Å². The fourth-order valence-corrected chi connectivity index (χ4v) is 1.26. The zero-order valence-corrected chi connectivity index (χ0v) is 11.0. The summed E-state index contributed by atoms with van der Waals surface area (Å²) in [5.41, 5.74) is 2.55. The van der Waals surface area contributed by atoms with Gasteiger partial charge >= 0.3 is 0 Å². The Balaban J connectivity index is 0.000000845. The molecule has 0 nitrogen and oxygen atoms in total. The fourth-order valence-electron chi connectivity index (χ4n) is 1.26. The molecule has 2 heteroatoms. The Bertz CT molecular complexity index is 308. The van der Waals surface area contributed by atoms with Gasteiger partial charge in [-0.2, -0.15) is 9.90 Å². The van der Waals surface area contributed by atoms with Gasteiger partial charge in [-0.3, -0.25) is 0 Å². The topological polar surface area (TPSA) is 0 Å². The highest BCUT2D eigenvalue weighted by atomic mass is 79.9. The van der Waals surface area contributed by atoms with E-state index < -0.39 is 0 Å². The average molecular weight is 269 g/mol. The Labute approximate surface area is 98.8 Å². The lowest BCUT2D eigenvalue weighted by Gasteiger charge is -1.98. The molecule has 0 amide bonds. The summed E-state index contributed by atoms with van der Waals surface area (Å²) >= 11 is 0. The zero-order valence-electron chi connectivity index (χ0n) is 7.89. The Hall–Kier alpha value is -0.650. The third-order valence-corrected chi connectivity index (χ3v) is 1.88. The first kappa shape index (κ1) is 13.4. The quantitative estimate of drug-likeness (QED) is 0.687. The van der Waals surface area contributed by atoms with Crippen molar-refractivity contribution in [2.45, 2.75) is 0 Å². The molecule has 0 aromatic heterocycles. The van der Waals surface area contributed by atoms with Gasteiger partial charge in [-0.15, -0.1) is 17.0 Å². The van der Waals surface area contributed by atoms with Crippen LogP contribution in [0.15, 0.2) is 60.7 Å². The molecule has 74 valence electrons. The van der Waals surface area contributed by atoms with Gasteiger partial charge in [0, 0.05) is 0 Å². The maximum absolute atomic E-state index is 2.12. The van der Waals surface area contributed by atoms with Gasteiger partial charge < -0.3 is 0 Å². The SMILES string of the molecule is Br.P.c1ccc(-c2ccccc2)cc1. The molecule has 2 aromatic carbocycles. The predicted octanol–water partition coefficient (Wildman–Crippen LogP) is 3.99. The van der Waals surface area contributed by atoms with Crippen LogP contribution in [0.3, 0.4) is 0 Å². The third-order valence-electron chi connectivity index (χ3n) is 1.88. The van der Waals surface area contributed by atoms with Crippen molar-refractivity contribution >= 4 is 26.9 Å². The summed E-state index contributed by atoms with van der Waals surface area (Å²) in [5, 5.41) is 0. The second-order valence-electron chi connectivity index (χ2n) is 2.73. The fraction of sp³-hybridized carbons (Fsp3) is 0. The van der Waals surface area contributed by atoms with E-state index in [9.17, 15) is 0 Å². The van der Waals surface area contributed by atoms with E-state index in [4.69, 9.17) is 0 Å². The molecule has 0 spiro atoms. The van der Waals surface area contributed by atoms with Crippen LogP contribution in [0.25, 0.3) is 11.1 Å². The molecule has 0 aliphatic heterocycles. The van der Waals surface area contributed by atoms with Crippen molar-refractivity contribution < 1.29 is 0 Å². The molecule has 0 saturated heterocycles. The highest BCUT2D eigenvalue weighted by Gasteiger charge is 1.91. The third kappa shape index (κ3) is 3.25. The number of hydrogen-bond acceptors (Lipinski definition) is 0. The number of hydrogen-bond donors (Lipinski definition) is 0. The molecule has 0 N–H and O–H groups in total. The van der Waals surface area contributed by atoms with E-state index in [2.05, 4.69) is 48.5 Å². The Morgan fingerprint density at radius 1 is 0.500 bits per heavy atom. The smallest absolute Gasteiger partial charge is 0.0184 e. The van der Waals surface area contributed by atoms with Crippen molar-refractivity contribution in [3.63, 3.8) is 0 Å². The van der Waals surface area contributed by atoms with E-state index in [-0.39, 0.29) is 26.9 Å². The first-order chi connectivity index (χ1) is 5.97. The second kappa shape index (κ2) is 6.75. The minimum absolute atomic E-state index is 0. The molecule has 0 fully saturated rings. The Morgan fingerprint density at radius 3 is 1.07 bits per heavy atom. The molecule has 14 heavy (non-hydrogen) atoms. The minimum Gasteiger partial charge on any atom is -0.153 e. The van der Waals surface area contributed by atoms with Crippen molar-refractivity contribution in [1.29, 1.82) is 0 Å². The van der Waals surface area contributed by atoms with Crippen molar-refractivity contribution in [1.82, 2.24) is 0 Å². The van der Waals surface area contributed by atoms with Crippen LogP contribution in [0.5, 0.6) is 0 Å². The standard InChI is InChI=1S/C12H10.BrH.H3P/c1-3-7-11(8-4-1)12-9-5-2-6-10-12;;/h1-10H;1H;1H3. The summed E-state index contributed by atoms with van der Waals surface area (Å²) in [6.45, 7) is 0. The van der Waals surface area contributed by atoms with Gasteiger partial charge in [0.1, 0.15) is 0 Å². The summed E-state index contributed by atoms with van der Waals surface area (Å²) in [4.78, 5) is 0. The average Bonchev–Trinajstić information content (AvgIpc) is 2.21. The molecule has 2 aromatic rings. The van der Waals surface area contributed by atoms with Gasteiger partial charge in [0.25, 0.3) is 0 Å². The Kier molecular flexibility index (Phi) is 6.44. The normalized spacial score (nSPS) is 8.29. The van der Waals surface area contributed by atoms with Crippen LogP contribution in [0.2, 0.25) is 0 Å². The summed E-state index contributed by atoms with van der Waals surface area (Å²) < 4.78 is 0. The monoisotopic (exact) mass is 268 g/mol. The van der Waals surface area contributed by atoms with Crippen molar-refractivity contribution in [3.05, 3.63) is 60.7 Å². The van der Waals surface area contributed by atoms with E-state index >= 15 is 0 Å². The molecule has 1 atom stereocenters. The first-order valence-corrected chi connectivity index (χ1v) is 4.07. The molecule has 0 aliphatic rings. The summed E-state index contributed by atoms with van der Waals surface area (Å²) in [6, 6.07) is 20.8. The van der Waals surface area contributed by atoms with Crippen molar-refractivity contribution in [2.75, 3.05) is 0 Å². The largest absolute Gasteiger partial charge is 0.153 e. The van der Waals surface area contributed by atoms with Gasteiger partial charge in [-0.05, 0) is 11.1 Å². The minimum atomic E-state index is 0. The highest BCUT2D eigenvalue weighted by molar-refractivity contribution is 8.93. The van der Waals surface area contributed by atoms with E-state index in [1.807, 2.05) is 12.1 Å². The molecule has 2 rings (SSSR count). The molecule has 0 heterocycles. The van der Waals surface area contributed by atoms with E-state index in [0.717, 1.165) is 0 Å². The van der Waals surface area contributed by atoms with Crippen LogP contribution in [0.4, 0.5) is 0 Å². The summed E-state index contributed by atoms with van der Waals surface area (Å²) in [6.07, 6.45) is 0. The van der Waals surface area contributed by atoms with Crippen molar-refractivity contribution in [2.24, 2.45) is 0 Å².